The molecule has 0 spiro atoms. The van der Waals surface area contributed by atoms with E-state index in [-0.39, 0.29) is 67.4 Å². The van der Waals surface area contributed by atoms with E-state index < -0.39 is 64.9 Å². The quantitative estimate of drug-likeness (QED) is 0.00837. The Kier molecular flexibility index (Phi) is 40.0. The fourth-order valence-electron chi connectivity index (χ4n) is 11.2. The summed E-state index contributed by atoms with van der Waals surface area (Å²) in [6, 6.07) is -2.22. The number of amides is 4. The van der Waals surface area contributed by atoms with Crippen LogP contribution in [-0.4, -0.2) is 146 Å². The lowest BCUT2D eigenvalue weighted by atomic mass is 9.97. The molecule has 7 aliphatic rings. The van der Waals surface area contributed by atoms with E-state index in [9.17, 15) is 47.9 Å². The summed E-state index contributed by atoms with van der Waals surface area (Å²) in [6.45, 7) is 5.27. The van der Waals surface area contributed by atoms with Crippen molar-refractivity contribution in [2.45, 2.75) is 298 Å². The second kappa shape index (κ2) is 47.7. The third-order valence-corrected chi connectivity index (χ3v) is 17.1. The lowest BCUT2D eigenvalue weighted by Crippen LogP contribution is -2.39. The molecular weight excluding hydrogens is 1260 g/mol. The summed E-state index contributed by atoms with van der Waals surface area (Å²) in [5, 5.41) is 45.3. The molecule has 4 N–H and O–H groups in total. The van der Waals surface area contributed by atoms with Crippen molar-refractivity contribution in [2.24, 2.45) is 46.0 Å². The van der Waals surface area contributed by atoms with Crippen LogP contribution in [0.1, 0.15) is 257 Å². The van der Waals surface area contributed by atoms with Gasteiger partial charge in [-0.3, -0.25) is 28.8 Å². The third kappa shape index (κ3) is 37.2. The van der Waals surface area contributed by atoms with Gasteiger partial charge < -0.3 is 40.2 Å². The first kappa shape index (κ1) is 81.3. The van der Waals surface area contributed by atoms with Gasteiger partial charge >= 0.3 is 23.9 Å². The normalized spacial score (nSPS) is 19.4. The molecule has 4 atom stereocenters. The summed E-state index contributed by atoms with van der Waals surface area (Å²) in [4.78, 5) is 124. The van der Waals surface area contributed by atoms with Crippen LogP contribution >= 0.6 is 0 Å². The van der Waals surface area contributed by atoms with E-state index in [4.69, 9.17) is 35.5 Å². The minimum absolute atomic E-state index is 0.0896. The van der Waals surface area contributed by atoms with Crippen molar-refractivity contribution < 1.29 is 66.9 Å². The maximum atomic E-state index is 12.0. The van der Waals surface area contributed by atoms with E-state index >= 15 is 0 Å². The maximum Gasteiger partial charge on any atom is 0.328 e. The SMILES string of the molecule is CCCCCCCCCC1(CC(=O)N[C@H]2CCOC2=O)N=N1.[N-]=[N+]=NCCCCCCC1(CCC(=O)CC(=O)N[C@H]2CCOC2=O)N=N1.[N-]=[N+]=NCCCCCCCCCC(=O)CC(=O)N[C@H]1CCOC1=O.[N-]=[N+]=NCCCCCCCCCC1(CC(=O)N[C@H]2CCOC2=O)N=N1. The smallest absolute Gasteiger partial charge is 0.328 e. The van der Waals surface area contributed by atoms with E-state index in [0.29, 0.717) is 84.6 Å². The van der Waals surface area contributed by atoms with Crippen LogP contribution in [0.25, 0.3) is 31.3 Å². The van der Waals surface area contributed by atoms with Gasteiger partial charge in [0.05, 0.1) is 52.1 Å². The first-order chi connectivity index (χ1) is 47.0. The van der Waals surface area contributed by atoms with Gasteiger partial charge in [0.15, 0.2) is 17.0 Å². The molecule has 4 fully saturated rings. The molecule has 7 rings (SSSR count). The topological polar surface area (TPSA) is 476 Å². The zero-order valence-electron chi connectivity index (χ0n) is 56.8. The Hall–Kier alpha value is -8.17. The predicted molar refractivity (Wildman–Crippen MR) is 352 cm³/mol. The van der Waals surface area contributed by atoms with Gasteiger partial charge in [0, 0.05) is 79.3 Å². The van der Waals surface area contributed by atoms with E-state index in [1.165, 1.54) is 44.9 Å². The fourth-order valence-corrected chi connectivity index (χ4v) is 11.2. The fraction of sp³-hybridized carbons (Fsp3) is 0.844. The van der Waals surface area contributed by atoms with Crippen molar-refractivity contribution in [3.8, 4) is 0 Å². The molecule has 0 aromatic heterocycles. The molecular formula is C64H103N19O14. The van der Waals surface area contributed by atoms with E-state index in [1.807, 2.05) is 0 Å². The van der Waals surface area contributed by atoms with Crippen molar-refractivity contribution in [3.63, 3.8) is 0 Å². The lowest BCUT2D eigenvalue weighted by molar-refractivity contribution is -0.142. The number of rotatable bonds is 50. The molecule has 0 aromatic rings. The first-order valence-electron chi connectivity index (χ1n) is 35.2. The number of azide groups is 3. The van der Waals surface area contributed by atoms with Crippen LogP contribution in [0.15, 0.2) is 46.0 Å². The number of nitrogens with zero attached hydrogens (tertiary/aromatic N) is 15. The van der Waals surface area contributed by atoms with Crippen molar-refractivity contribution in [1.29, 1.82) is 0 Å². The standard InChI is InChI=1S/C16H24N6O4.C16H26N6O3.C16H26N4O4.C16H27N3O3/c17-22-18-9-4-2-1-3-7-16(20-21-16)8-5-12(23)11-14(24)19-13-6-10-26-15(13)25;17-22-18-10-7-5-3-1-2-4-6-9-16(20-21-16)12-14(23)19-13-8-11-25-15(13)24;17-20-18-10-7-5-3-1-2-4-6-8-13(21)12-15(22)19-14-9-11-24-16(14)23;1-2-3-4-5-6-7-8-10-16(18-19-16)12-14(20)17-13-9-11-22-15(13)21/h13H,1-11H2,(H,19,24);13H,1-12H2,(H,19,23);14H,1-12H2,(H,19,22);13H,2-12H2,1H3,(H,17,20)/t2*13-;14-;13-/m0000/s1. The molecule has 0 unspecified atom stereocenters. The highest BCUT2D eigenvalue weighted by Gasteiger charge is 2.44. The Bertz CT molecular complexity index is 2770. The molecule has 33 heteroatoms. The van der Waals surface area contributed by atoms with Gasteiger partial charge in [0.25, 0.3) is 0 Å². The number of ketones is 2. The Morgan fingerprint density at radius 3 is 0.959 bits per heavy atom. The van der Waals surface area contributed by atoms with Crippen LogP contribution in [0.5, 0.6) is 0 Å². The molecule has 0 aliphatic carbocycles. The number of esters is 4. The minimum atomic E-state index is -0.631. The molecule has 0 radical (unpaired) electrons. The molecule has 33 nitrogen and oxygen atoms in total. The van der Waals surface area contributed by atoms with Gasteiger partial charge in [-0.15, -0.1) is 0 Å². The van der Waals surface area contributed by atoms with E-state index in [0.717, 1.165) is 135 Å². The summed E-state index contributed by atoms with van der Waals surface area (Å²) in [5.41, 5.74) is 23.0. The molecule has 0 saturated carbocycles. The van der Waals surface area contributed by atoms with Gasteiger partial charge in [-0.2, -0.15) is 30.7 Å². The first-order valence-corrected chi connectivity index (χ1v) is 35.2. The second-order valence-electron chi connectivity index (χ2n) is 25.5. The van der Waals surface area contributed by atoms with Gasteiger partial charge in [-0.05, 0) is 80.8 Å². The molecule has 538 valence electrons. The van der Waals surface area contributed by atoms with Crippen molar-refractivity contribution in [1.82, 2.24) is 21.3 Å². The lowest BCUT2D eigenvalue weighted by Gasteiger charge is -2.12. The second-order valence-corrected chi connectivity index (χ2v) is 25.5. The number of hydrogen-bond donors (Lipinski definition) is 4. The Morgan fingerprint density at radius 1 is 0.381 bits per heavy atom. The summed E-state index contributed by atoms with van der Waals surface area (Å²) in [6.07, 6.45) is 32.8. The van der Waals surface area contributed by atoms with Crippen LogP contribution in [0.4, 0.5) is 0 Å². The maximum absolute atomic E-state index is 12.0. The summed E-state index contributed by atoms with van der Waals surface area (Å²) in [5.74, 6) is -3.01. The third-order valence-electron chi connectivity index (χ3n) is 17.1. The largest absolute Gasteiger partial charge is 0.464 e. The van der Waals surface area contributed by atoms with Gasteiger partial charge in [-0.1, -0.05) is 138 Å². The summed E-state index contributed by atoms with van der Waals surface area (Å²) in [7, 11) is 0. The number of ether oxygens (including phenoxy) is 4. The molecule has 7 heterocycles. The Balaban J connectivity index is 0.000000275. The zero-order valence-corrected chi connectivity index (χ0v) is 56.8. The molecule has 97 heavy (non-hydrogen) atoms. The number of nitrogens with one attached hydrogen (secondary N) is 4. The summed E-state index contributed by atoms with van der Waals surface area (Å²) >= 11 is 0. The highest BCUT2D eigenvalue weighted by atomic mass is 16.6. The molecule has 4 amide bonds. The number of Topliss-reactive ketones (excluding diaryl/α,β-unsaturated/α-hetero) is 2. The van der Waals surface area contributed by atoms with Crippen LogP contribution in [0.3, 0.4) is 0 Å². The highest BCUT2D eigenvalue weighted by molar-refractivity contribution is 6.00. The number of hydrogen-bond acceptors (Lipinski definition) is 23. The van der Waals surface area contributed by atoms with Gasteiger partial charge in [0.1, 0.15) is 35.7 Å². The van der Waals surface area contributed by atoms with Gasteiger partial charge in [-0.25, -0.2) is 19.2 Å². The average molecular weight is 1360 g/mol. The van der Waals surface area contributed by atoms with Crippen LogP contribution in [0.2, 0.25) is 0 Å². The van der Waals surface area contributed by atoms with Crippen LogP contribution in [-0.2, 0) is 66.9 Å². The zero-order chi connectivity index (χ0) is 70.3. The minimum Gasteiger partial charge on any atom is -0.464 e. The van der Waals surface area contributed by atoms with E-state index in [2.05, 4.69) is 89.0 Å². The number of carbonyl (C=O) groups is 10. The average Bonchev–Trinajstić information content (AvgIpc) is 1.68. The van der Waals surface area contributed by atoms with Crippen LogP contribution in [0, 0.1) is 0 Å². The van der Waals surface area contributed by atoms with Gasteiger partial charge in [0.2, 0.25) is 23.6 Å². The molecule has 0 bridgehead atoms. The number of cyclic esters (lactones) is 4. The Labute approximate surface area is 567 Å². The Morgan fingerprint density at radius 2 is 0.660 bits per heavy atom. The van der Waals surface area contributed by atoms with Crippen molar-refractivity contribution >= 4 is 59.1 Å². The molecule has 7 aliphatic heterocycles. The molecule has 0 aromatic carbocycles. The molecule has 4 saturated heterocycles. The summed E-state index contributed by atoms with van der Waals surface area (Å²) < 4.78 is 19.2. The highest BCUT2D eigenvalue weighted by Crippen LogP contribution is 2.40. The van der Waals surface area contributed by atoms with Crippen molar-refractivity contribution in [2.75, 3.05) is 46.1 Å². The van der Waals surface area contributed by atoms with E-state index in [1.54, 1.807) is 0 Å². The predicted octanol–water partition coefficient (Wildman–Crippen LogP) is 11.9. The number of carbonyl (C=O) groups excluding carboxylic acids is 10. The monoisotopic (exact) mass is 1360 g/mol. The van der Waals surface area contributed by atoms with Crippen molar-refractivity contribution in [3.05, 3.63) is 31.3 Å². The number of unbranched alkanes of at least 4 members (excludes halogenated alkanes) is 21. The van der Waals surface area contributed by atoms with Crippen LogP contribution < -0.4 is 21.3 Å².